The van der Waals surface area contributed by atoms with E-state index < -0.39 is 0 Å². The number of carbonyl (C=O) groups excluding carboxylic acids is 1. The van der Waals surface area contributed by atoms with Gasteiger partial charge >= 0.3 is 0 Å². The highest BCUT2D eigenvalue weighted by atomic mass is 32.1. The number of carbonyl (C=O) groups is 1. The number of rotatable bonds is 3. The highest BCUT2D eigenvalue weighted by molar-refractivity contribution is 7.13. The molecule has 1 fully saturated rings. The van der Waals surface area contributed by atoms with Crippen LogP contribution in [0.15, 0.2) is 5.38 Å². The first-order valence-corrected chi connectivity index (χ1v) is 7.34. The molecule has 5 nitrogen and oxygen atoms in total. The van der Waals surface area contributed by atoms with Crippen LogP contribution in [0.2, 0.25) is 0 Å². The largest absolute Gasteiger partial charge is 0.370 e. The second kappa shape index (κ2) is 5.56. The molecule has 0 aliphatic carbocycles. The van der Waals surface area contributed by atoms with Crippen molar-refractivity contribution in [1.29, 1.82) is 0 Å². The van der Waals surface area contributed by atoms with E-state index in [1.165, 1.54) is 18.3 Å². The number of nitrogens with one attached hydrogen (secondary N) is 1. The number of aromatic nitrogens is 1. The molecule has 106 valence electrons. The minimum Gasteiger partial charge on any atom is -0.370 e. The summed E-state index contributed by atoms with van der Waals surface area (Å²) in [5, 5.41) is 5.38. The molecule has 1 unspecified atom stereocenters. The van der Waals surface area contributed by atoms with Gasteiger partial charge in [-0.15, -0.1) is 11.3 Å². The fraction of sp³-hybridized carbons (Fsp3) is 0.692. The predicted molar refractivity (Wildman–Crippen MR) is 76.3 cm³/mol. The first-order valence-electron chi connectivity index (χ1n) is 6.46. The van der Waals surface area contributed by atoms with E-state index in [0.717, 1.165) is 25.3 Å². The molecule has 1 atom stereocenters. The Morgan fingerprint density at radius 1 is 1.68 bits per heavy atom. The van der Waals surface area contributed by atoms with Crippen LogP contribution in [-0.4, -0.2) is 40.6 Å². The number of hydrogen-bond acceptors (Lipinski definition) is 5. The van der Waals surface area contributed by atoms with Crippen molar-refractivity contribution in [2.24, 2.45) is 0 Å². The second-order valence-electron chi connectivity index (χ2n) is 5.68. The van der Waals surface area contributed by atoms with E-state index in [1.54, 1.807) is 0 Å². The van der Waals surface area contributed by atoms with Crippen molar-refractivity contribution >= 4 is 22.4 Å². The average Bonchev–Trinajstić information content (AvgIpc) is 2.60. The molecule has 6 heteroatoms. The van der Waals surface area contributed by atoms with Crippen molar-refractivity contribution in [1.82, 2.24) is 9.88 Å². The maximum absolute atomic E-state index is 11.0. The number of thiazole rings is 1. The van der Waals surface area contributed by atoms with Crippen LogP contribution in [-0.2, 0) is 16.1 Å². The SMILES string of the molecule is CC(=O)Nc1nc(CN2CC(C)OC(C)(C)C2)cs1. The van der Waals surface area contributed by atoms with Crippen LogP contribution in [0, 0.1) is 0 Å². The highest BCUT2D eigenvalue weighted by Gasteiger charge is 2.31. The fourth-order valence-corrected chi connectivity index (χ4v) is 3.27. The van der Waals surface area contributed by atoms with Crippen LogP contribution in [0.25, 0.3) is 0 Å². The van der Waals surface area contributed by atoms with Crippen molar-refractivity contribution in [3.8, 4) is 0 Å². The molecule has 1 amide bonds. The molecule has 1 aromatic rings. The van der Waals surface area contributed by atoms with E-state index in [4.69, 9.17) is 4.74 Å². The molecule has 0 saturated carbocycles. The lowest BCUT2D eigenvalue weighted by Gasteiger charge is -2.41. The summed E-state index contributed by atoms with van der Waals surface area (Å²) >= 11 is 1.47. The van der Waals surface area contributed by atoms with Gasteiger partial charge in [0.2, 0.25) is 5.91 Å². The average molecular weight is 283 g/mol. The van der Waals surface area contributed by atoms with Crippen molar-refractivity contribution in [3.63, 3.8) is 0 Å². The van der Waals surface area contributed by atoms with Gasteiger partial charge < -0.3 is 10.1 Å². The molecule has 0 radical (unpaired) electrons. The summed E-state index contributed by atoms with van der Waals surface area (Å²) in [4.78, 5) is 17.7. The monoisotopic (exact) mass is 283 g/mol. The molecule has 1 saturated heterocycles. The highest BCUT2D eigenvalue weighted by Crippen LogP contribution is 2.23. The Bertz CT molecular complexity index is 458. The molecule has 1 N–H and O–H groups in total. The maximum Gasteiger partial charge on any atom is 0.223 e. The Balaban J connectivity index is 1.97. The third kappa shape index (κ3) is 4.26. The molecule has 1 aliphatic heterocycles. The summed E-state index contributed by atoms with van der Waals surface area (Å²) in [7, 11) is 0. The van der Waals surface area contributed by atoms with Gasteiger partial charge in [0.05, 0.1) is 17.4 Å². The topological polar surface area (TPSA) is 54.5 Å². The Labute approximate surface area is 118 Å². The van der Waals surface area contributed by atoms with Gasteiger partial charge in [0.15, 0.2) is 5.13 Å². The molecule has 0 spiro atoms. The molecule has 0 bridgehead atoms. The summed E-state index contributed by atoms with van der Waals surface area (Å²) in [5.74, 6) is -0.0815. The lowest BCUT2D eigenvalue weighted by molar-refractivity contribution is -0.130. The van der Waals surface area contributed by atoms with Crippen molar-refractivity contribution in [2.75, 3.05) is 18.4 Å². The molecule has 1 aliphatic rings. The number of amides is 1. The first kappa shape index (κ1) is 14.4. The Morgan fingerprint density at radius 2 is 2.42 bits per heavy atom. The van der Waals surface area contributed by atoms with E-state index in [1.807, 2.05) is 5.38 Å². The predicted octanol–water partition coefficient (Wildman–Crippen LogP) is 2.10. The zero-order valence-corrected chi connectivity index (χ0v) is 12.7. The number of nitrogens with zero attached hydrogens (tertiary/aromatic N) is 2. The minimum atomic E-state index is -0.117. The van der Waals surface area contributed by atoms with E-state index >= 15 is 0 Å². The molecule has 2 heterocycles. The summed E-state index contributed by atoms with van der Waals surface area (Å²) in [6.45, 7) is 10.4. The Morgan fingerprint density at radius 3 is 3.05 bits per heavy atom. The minimum absolute atomic E-state index is 0.0815. The van der Waals surface area contributed by atoms with Crippen molar-refractivity contribution in [3.05, 3.63) is 11.1 Å². The lowest BCUT2D eigenvalue weighted by atomic mass is 10.1. The summed E-state index contributed by atoms with van der Waals surface area (Å²) in [5.41, 5.74) is 0.882. The molecule has 0 aromatic carbocycles. The van der Waals surface area contributed by atoms with Crippen molar-refractivity contribution in [2.45, 2.75) is 45.9 Å². The van der Waals surface area contributed by atoms with Crippen LogP contribution >= 0.6 is 11.3 Å². The number of morpholine rings is 1. The van der Waals surface area contributed by atoms with Gasteiger partial charge in [-0.1, -0.05) is 0 Å². The van der Waals surface area contributed by atoms with Crippen molar-refractivity contribution < 1.29 is 9.53 Å². The summed E-state index contributed by atoms with van der Waals surface area (Å²) in [6.07, 6.45) is 0.234. The Kier molecular flexibility index (Phi) is 4.23. The van der Waals surface area contributed by atoms with Crippen LogP contribution in [0.1, 0.15) is 33.4 Å². The van der Waals surface area contributed by atoms with Crippen LogP contribution < -0.4 is 5.32 Å². The number of anilines is 1. The van der Waals surface area contributed by atoms with E-state index in [9.17, 15) is 4.79 Å². The van der Waals surface area contributed by atoms with Gasteiger partial charge in [-0.2, -0.15) is 0 Å². The van der Waals surface area contributed by atoms with Gasteiger partial charge in [-0.25, -0.2) is 4.98 Å². The standard InChI is InChI=1S/C13H21N3O2S/c1-9-5-16(8-13(3,4)18-9)6-11-7-19-12(15-11)14-10(2)17/h7,9H,5-6,8H2,1-4H3,(H,14,15,17). The van der Waals surface area contributed by atoms with Gasteiger partial charge in [0, 0.05) is 31.9 Å². The number of hydrogen-bond donors (Lipinski definition) is 1. The number of ether oxygens (including phenoxy) is 1. The molecular weight excluding hydrogens is 262 g/mol. The molecular formula is C13H21N3O2S. The Hall–Kier alpha value is -0.980. The van der Waals surface area contributed by atoms with Gasteiger partial charge in [0.1, 0.15) is 0 Å². The van der Waals surface area contributed by atoms with E-state index in [-0.39, 0.29) is 17.6 Å². The smallest absolute Gasteiger partial charge is 0.223 e. The van der Waals surface area contributed by atoms with E-state index in [2.05, 4.69) is 36.0 Å². The summed E-state index contributed by atoms with van der Waals surface area (Å²) in [6, 6.07) is 0. The third-order valence-electron chi connectivity index (χ3n) is 2.86. The van der Waals surface area contributed by atoms with Gasteiger partial charge in [-0.05, 0) is 20.8 Å². The molecule has 2 rings (SSSR count). The zero-order chi connectivity index (χ0) is 14.0. The first-order chi connectivity index (χ1) is 8.84. The van der Waals surface area contributed by atoms with Gasteiger partial charge in [-0.3, -0.25) is 9.69 Å². The van der Waals surface area contributed by atoms with Crippen LogP contribution in [0.3, 0.4) is 0 Å². The molecule has 19 heavy (non-hydrogen) atoms. The summed E-state index contributed by atoms with van der Waals surface area (Å²) < 4.78 is 5.88. The quantitative estimate of drug-likeness (QED) is 0.923. The molecule has 1 aromatic heterocycles. The maximum atomic E-state index is 11.0. The normalized spacial score (nSPS) is 23.3. The third-order valence-corrected chi connectivity index (χ3v) is 3.67. The van der Waals surface area contributed by atoms with Crippen LogP contribution in [0.4, 0.5) is 5.13 Å². The van der Waals surface area contributed by atoms with E-state index in [0.29, 0.717) is 5.13 Å². The second-order valence-corrected chi connectivity index (χ2v) is 6.54. The zero-order valence-electron chi connectivity index (χ0n) is 11.9. The van der Waals surface area contributed by atoms with Gasteiger partial charge in [0.25, 0.3) is 0 Å². The van der Waals surface area contributed by atoms with Crippen LogP contribution in [0.5, 0.6) is 0 Å². The lowest BCUT2D eigenvalue weighted by Crippen LogP contribution is -2.51. The fourth-order valence-electron chi connectivity index (χ4n) is 2.52.